The Balaban J connectivity index is 2.18. The van der Waals surface area contributed by atoms with Gasteiger partial charge < -0.3 is 10.0 Å². The van der Waals surface area contributed by atoms with Crippen molar-refractivity contribution >= 4 is 5.91 Å². The molecule has 1 aliphatic rings. The van der Waals surface area contributed by atoms with Crippen LogP contribution in [0.4, 0.5) is 4.39 Å². The molecule has 1 saturated carbocycles. The smallest absolute Gasteiger partial charge is 0.258 e. The van der Waals surface area contributed by atoms with Gasteiger partial charge in [0.2, 0.25) is 5.95 Å². The Labute approximate surface area is 99.1 Å². The summed E-state index contributed by atoms with van der Waals surface area (Å²) in [5, 5.41) is 8.97. The van der Waals surface area contributed by atoms with Crippen LogP contribution in [0.5, 0.6) is 0 Å². The summed E-state index contributed by atoms with van der Waals surface area (Å²) in [7, 11) is 0. The lowest BCUT2D eigenvalue weighted by molar-refractivity contribution is 0.0520. The predicted molar refractivity (Wildman–Crippen MR) is 60.0 cm³/mol. The van der Waals surface area contributed by atoms with Crippen molar-refractivity contribution in [3.8, 4) is 0 Å². The second kappa shape index (κ2) is 5.23. The van der Waals surface area contributed by atoms with Gasteiger partial charge in [-0.05, 0) is 31.4 Å². The molecule has 1 aliphatic carbocycles. The van der Waals surface area contributed by atoms with Crippen molar-refractivity contribution in [3.05, 3.63) is 29.8 Å². The van der Waals surface area contributed by atoms with Crippen molar-refractivity contribution < 1.29 is 14.3 Å². The van der Waals surface area contributed by atoms with Gasteiger partial charge in [-0.15, -0.1) is 0 Å². The highest BCUT2D eigenvalue weighted by Gasteiger charge is 2.30. The van der Waals surface area contributed by atoms with Crippen molar-refractivity contribution in [3.63, 3.8) is 0 Å². The van der Waals surface area contributed by atoms with Crippen LogP contribution in [0.1, 0.15) is 29.6 Å². The molecule has 0 atom stereocenters. The van der Waals surface area contributed by atoms with Gasteiger partial charge in [0.15, 0.2) is 0 Å². The number of aliphatic hydroxyl groups is 1. The number of nitrogens with zero attached hydrogens (tertiary/aromatic N) is 2. The number of halogens is 1. The molecule has 1 aromatic rings. The molecule has 1 heterocycles. The third kappa shape index (κ3) is 2.44. The number of hydrogen-bond donors (Lipinski definition) is 1. The number of carbonyl (C=O) groups is 1. The van der Waals surface area contributed by atoms with E-state index in [4.69, 9.17) is 5.11 Å². The summed E-state index contributed by atoms with van der Waals surface area (Å²) in [6, 6.07) is 3.09. The van der Waals surface area contributed by atoms with E-state index >= 15 is 0 Å². The van der Waals surface area contributed by atoms with Gasteiger partial charge >= 0.3 is 0 Å². The van der Waals surface area contributed by atoms with E-state index in [1.54, 1.807) is 4.90 Å². The number of hydrogen-bond acceptors (Lipinski definition) is 3. The molecule has 1 N–H and O–H groups in total. The molecule has 92 valence electrons. The number of aromatic nitrogens is 1. The molecule has 1 amide bonds. The molecule has 17 heavy (non-hydrogen) atoms. The van der Waals surface area contributed by atoms with E-state index < -0.39 is 5.95 Å². The highest BCUT2D eigenvalue weighted by atomic mass is 19.1. The van der Waals surface area contributed by atoms with Crippen molar-refractivity contribution in [1.29, 1.82) is 0 Å². The molecule has 0 saturated heterocycles. The van der Waals surface area contributed by atoms with Crippen LogP contribution in [0.25, 0.3) is 0 Å². The van der Waals surface area contributed by atoms with Gasteiger partial charge in [0.25, 0.3) is 5.91 Å². The summed E-state index contributed by atoms with van der Waals surface area (Å²) in [5.74, 6) is -1.13. The normalized spacial score (nSPS) is 15.4. The molecule has 0 bridgehead atoms. The predicted octanol–water partition coefficient (Wildman–Crippen LogP) is 1.21. The van der Waals surface area contributed by atoms with E-state index in [1.807, 2.05) is 0 Å². The number of pyridine rings is 1. The van der Waals surface area contributed by atoms with Crippen molar-refractivity contribution in [1.82, 2.24) is 9.88 Å². The summed E-state index contributed by atoms with van der Waals surface area (Å²) in [4.78, 5) is 17.1. The quantitative estimate of drug-likeness (QED) is 0.802. The zero-order valence-corrected chi connectivity index (χ0v) is 9.47. The second-order valence-electron chi connectivity index (χ2n) is 4.15. The van der Waals surface area contributed by atoms with Gasteiger partial charge in [-0.1, -0.05) is 0 Å². The maximum atomic E-state index is 13.4. The molecule has 0 unspecified atom stereocenters. The molecule has 5 heteroatoms. The minimum atomic E-state index is -0.750. The fourth-order valence-electron chi connectivity index (χ4n) is 1.96. The summed E-state index contributed by atoms with van der Waals surface area (Å²) >= 11 is 0. The Morgan fingerprint density at radius 2 is 2.35 bits per heavy atom. The minimum Gasteiger partial charge on any atom is -0.395 e. The van der Waals surface area contributed by atoms with E-state index in [0.29, 0.717) is 0 Å². The van der Waals surface area contributed by atoms with Gasteiger partial charge in [0, 0.05) is 18.8 Å². The first-order chi connectivity index (χ1) is 8.24. The lowest BCUT2D eigenvalue weighted by Gasteiger charge is -2.37. The lowest BCUT2D eigenvalue weighted by atomic mass is 9.91. The van der Waals surface area contributed by atoms with Crippen LogP contribution in [0.15, 0.2) is 18.3 Å². The fourth-order valence-corrected chi connectivity index (χ4v) is 1.96. The molecule has 0 aromatic carbocycles. The fraction of sp³-hybridized carbons (Fsp3) is 0.500. The van der Waals surface area contributed by atoms with E-state index in [2.05, 4.69) is 4.98 Å². The SMILES string of the molecule is O=C(c1cccnc1F)N(CCO)C1CCC1. The van der Waals surface area contributed by atoms with Crippen LogP contribution in [0.3, 0.4) is 0 Å². The Morgan fingerprint density at radius 1 is 1.59 bits per heavy atom. The zero-order chi connectivity index (χ0) is 12.3. The monoisotopic (exact) mass is 238 g/mol. The Hall–Kier alpha value is -1.49. The third-order valence-corrected chi connectivity index (χ3v) is 3.11. The number of rotatable bonds is 4. The number of carbonyl (C=O) groups excluding carboxylic acids is 1. The standard InChI is InChI=1S/C12H15FN2O2/c13-11-10(5-2-6-14-11)12(17)15(7-8-16)9-3-1-4-9/h2,5-6,9,16H,1,3-4,7-8H2. The molecule has 1 fully saturated rings. The molecular formula is C12H15FN2O2. The summed E-state index contributed by atoms with van der Waals surface area (Å²) < 4.78 is 13.4. The van der Waals surface area contributed by atoms with Crippen molar-refractivity contribution in [2.45, 2.75) is 25.3 Å². The first-order valence-corrected chi connectivity index (χ1v) is 5.76. The van der Waals surface area contributed by atoms with E-state index in [0.717, 1.165) is 19.3 Å². The van der Waals surface area contributed by atoms with Crippen LogP contribution in [-0.2, 0) is 0 Å². The molecular weight excluding hydrogens is 223 g/mol. The molecule has 1 aromatic heterocycles. The maximum absolute atomic E-state index is 13.4. The zero-order valence-electron chi connectivity index (χ0n) is 9.47. The van der Waals surface area contributed by atoms with Gasteiger partial charge in [-0.25, -0.2) is 4.98 Å². The largest absolute Gasteiger partial charge is 0.395 e. The molecule has 0 aliphatic heterocycles. The third-order valence-electron chi connectivity index (χ3n) is 3.11. The average Bonchev–Trinajstić information content (AvgIpc) is 2.26. The van der Waals surface area contributed by atoms with Crippen LogP contribution < -0.4 is 0 Å². The van der Waals surface area contributed by atoms with E-state index in [1.165, 1.54) is 18.3 Å². The van der Waals surface area contributed by atoms with Crippen LogP contribution in [-0.4, -0.2) is 40.1 Å². The Kier molecular flexibility index (Phi) is 3.68. The van der Waals surface area contributed by atoms with Gasteiger partial charge in [-0.2, -0.15) is 4.39 Å². The first kappa shape index (κ1) is 12.0. The summed E-state index contributed by atoms with van der Waals surface area (Å²) in [5.41, 5.74) is -0.0205. The van der Waals surface area contributed by atoms with Crippen LogP contribution in [0, 0.1) is 5.95 Å². The minimum absolute atomic E-state index is 0.0205. The highest BCUT2D eigenvalue weighted by molar-refractivity contribution is 5.94. The lowest BCUT2D eigenvalue weighted by Crippen LogP contribution is -2.46. The van der Waals surface area contributed by atoms with Gasteiger partial charge in [0.05, 0.1) is 12.2 Å². The van der Waals surface area contributed by atoms with Crippen molar-refractivity contribution in [2.75, 3.05) is 13.2 Å². The maximum Gasteiger partial charge on any atom is 0.258 e. The topological polar surface area (TPSA) is 53.4 Å². The molecule has 2 rings (SSSR count). The Bertz CT molecular complexity index is 407. The number of aliphatic hydroxyl groups excluding tert-OH is 1. The van der Waals surface area contributed by atoms with E-state index in [9.17, 15) is 9.18 Å². The number of amides is 1. The summed E-state index contributed by atoms with van der Waals surface area (Å²) in [6.07, 6.45) is 4.24. The molecule has 0 radical (unpaired) electrons. The molecule has 0 spiro atoms. The van der Waals surface area contributed by atoms with Crippen LogP contribution in [0.2, 0.25) is 0 Å². The molecule has 4 nitrogen and oxygen atoms in total. The van der Waals surface area contributed by atoms with Gasteiger partial charge in [0.1, 0.15) is 0 Å². The summed E-state index contributed by atoms with van der Waals surface area (Å²) in [6.45, 7) is 0.141. The highest BCUT2D eigenvalue weighted by Crippen LogP contribution is 2.26. The average molecular weight is 238 g/mol. The van der Waals surface area contributed by atoms with Crippen molar-refractivity contribution in [2.24, 2.45) is 0 Å². The van der Waals surface area contributed by atoms with Gasteiger partial charge in [-0.3, -0.25) is 4.79 Å². The van der Waals surface area contributed by atoms with Crippen LogP contribution >= 0.6 is 0 Å². The first-order valence-electron chi connectivity index (χ1n) is 5.76. The Morgan fingerprint density at radius 3 is 2.88 bits per heavy atom. The van der Waals surface area contributed by atoms with E-state index in [-0.39, 0.29) is 30.7 Å². The second-order valence-corrected chi connectivity index (χ2v) is 4.15.